The predicted octanol–water partition coefficient (Wildman–Crippen LogP) is 2.95. The first-order valence-electron chi connectivity index (χ1n) is 6.92. The Labute approximate surface area is 127 Å². The first-order valence-corrected chi connectivity index (χ1v) is 8.65. The molecule has 21 heavy (non-hydrogen) atoms. The zero-order chi connectivity index (χ0) is 15.8. The summed E-state index contributed by atoms with van der Waals surface area (Å²) in [5.74, 6) is 0.840. The summed E-state index contributed by atoms with van der Waals surface area (Å²) in [5.41, 5.74) is 0.387. The smallest absolute Gasteiger partial charge is 0.333 e. The molecule has 0 aliphatic heterocycles. The SMILES string of the molecule is CCCOc1cccc(NC(C)CCS(C)=O)c1[N+](=O)[O-]. The Balaban J connectivity index is 2.90. The number of nitro groups is 1. The van der Waals surface area contributed by atoms with Gasteiger partial charge in [-0.05, 0) is 31.9 Å². The van der Waals surface area contributed by atoms with Crippen LogP contribution in [0.2, 0.25) is 0 Å². The topological polar surface area (TPSA) is 81.5 Å². The van der Waals surface area contributed by atoms with Crippen LogP contribution in [0.15, 0.2) is 18.2 Å². The number of nitrogens with zero attached hydrogens (tertiary/aromatic N) is 1. The summed E-state index contributed by atoms with van der Waals surface area (Å²) in [5, 5.41) is 14.4. The minimum atomic E-state index is -0.866. The van der Waals surface area contributed by atoms with E-state index in [0.717, 1.165) is 6.42 Å². The highest BCUT2D eigenvalue weighted by Gasteiger charge is 2.21. The average molecular weight is 314 g/mol. The van der Waals surface area contributed by atoms with Crippen LogP contribution in [0.5, 0.6) is 5.75 Å². The van der Waals surface area contributed by atoms with E-state index >= 15 is 0 Å². The van der Waals surface area contributed by atoms with Crippen LogP contribution >= 0.6 is 0 Å². The van der Waals surface area contributed by atoms with Crippen LogP contribution in [-0.2, 0) is 10.8 Å². The molecule has 0 spiro atoms. The molecule has 0 saturated carbocycles. The van der Waals surface area contributed by atoms with Crippen molar-refractivity contribution in [2.45, 2.75) is 32.7 Å². The quantitative estimate of drug-likeness (QED) is 0.560. The summed E-state index contributed by atoms with van der Waals surface area (Å²) in [6.07, 6.45) is 3.11. The standard InChI is InChI=1S/C14H22N2O4S/c1-4-9-20-13-7-5-6-12(14(13)16(17)18)15-11(2)8-10-21(3)19/h5-7,11,15H,4,8-10H2,1-3H3. The predicted molar refractivity (Wildman–Crippen MR) is 85.5 cm³/mol. The summed E-state index contributed by atoms with van der Waals surface area (Å²) in [7, 11) is -0.866. The van der Waals surface area contributed by atoms with Crippen LogP contribution in [0.3, 0.4) is 0 Å². The maximum absolute atomic E-state index is 11.3. The first-order chi connectivity index (χ1) is 9.95. The van der Waals surface area contributed by atoms with Crippen molar-refractivity contribution in [2.75, 3.05) is 23.9 Å². The molecule has 0 radical (unpaired) electrons. The van der Waals surface area contributed by atoms with E-state index in [0.29, 0.717) is 24.5 Å². The Morgan fingerprint density at radius 2 is 2.19 bits per heavy atom. The molecule has 1 N–H and O–H groups in total. The molecule has 118 valence electrons. The lowest BCUT2D eigenvalue weighted by molar-refractivity contribution is -0.385. The lowest BCUT2D eigenvalue weighted by Gasteiger charge is -2.16. The summed E-state index contributed by atoms with van der Waals surface area (Å²) >= 11 is 0. The number of hydrogen-bond acceptors (Lipinski definition) is 5. The number of anilines is 1. The Morgan fingerprint density at radius 3 is 2.76 bits per heavy atom. The molecule has 0 heterocycles. The zero-order valence-electron chi connectivity index (χ0n) is 12.6. The van der Waals surface area contributed by atoms with Gasteiger partial charge in [-0.3, -0.25) is 14.3 Å². The Bertz CT molecular complexity index is 508. The van der Waals surface area contributed by atoms with Crippen LogP contribution in [0.1, 0.15) is 26.7 Å². The van der Waals surface area contributed by atoms with Crippen molar-refractivity contribution < 1.29 is 13.9 Å². The molecule has 1 aromatic rings. The highest BCUT2D eigenvalue weighted by molar-refractivity contribution is 7.84. The van der Waals surface area contributed by atoms with Gasteiger partial charge in [0, 0.05) is 28.9 Å². The lowest BCUT2D eigenvalue weighted by Crippen LogP contribution is -2.18. The molecular weight excluding hydrogens is 292 g/mol. The molecule has 0 aliphatic rings. The molecule has 0 aromatic heterocycles. The molecule has 0 aliphatic carbocycles. The number of nitro benzene ring substituents is 1. The zero-order valence-corrected chi connectivity index (χ0v) is 13.4. The van der Waals surface area contributed by atoms with E-state index in [1.165, 1.54) is 0 Å². The highest BCUT2D eigenvalue weighted by Crippen LogP contribution is 2.35. The largest absolute Gasteiger partial charge is 0.487 e. The number of rotatable bonds is 9. The molecule has 2 atom stereocenters. The molecule has 1 rings (SSSR count). The van der Waals surface area contributed by atoms with E-state index in [1.807, 2.05) is 13.8 Å². The molecule has 0 amide bonds. The third-order valence-electron chi connectivity index (χ3n) is 2.88. The van der Waals surface area contributed by atoms with Crippen LogP contribution in [0.4, 0.5) is 11.4 Å². The number of hydrogen-bond donors (Lipinski definition) is 1. The second-order valence-corrected chi connectivity index (χ2v) is 6.42. The van der Waals surface area contributed by atoms with E-state index in [-0.39, 0.29) is 17.5 Å². The summed E-state index contributed by atoms with van der Waals surface area (Å²) < 4.78 is 16.5. The van der Waals surface area contributed by atoms with E-state index in [1.54, 1.807) is 24.5 Å². The maximum Gasteiger partial charge on any atom is 0.333 e. The average Bonchev–Trinajstić information content (AvgIpc) is 2.42. The van der Waals surface area contributed by atoms with Crippen molar-refractivity contribution >= 4 is 22.2 Å². The number of nitrogens with one attached hydrogen (secondary N) is 1. The van der Waals surface area contributed by atoms with Gasteiger partial charge in [-0.25, -0.2) is 0 Å². The van der Waals surface area contributed by atoms with Gasteiger partial charge in [-0.1, -0.05) is 13.0 Å². The summed E-state index contributed by atoms with van der Waals surface area (Å²) in [6, 6.07) is 4.99. The highest BCUT2D eigenvalue weighted by atomic mass is 32.2. The minimum Gasteiger partial charge on any atom is -0.487 e. The van der Waals surface area contributed by atoms with Gasteiger partial charge in [0.15, 0.2) is 5.75 Å². The molecular formula is C14H22N2O4S. The van der Waals surface area contributed by atoms with Crippen molar-refractivity contribution in [3.05, 3.63) is 28.3 Å². The van der Waals surface area contributed by atoms with Gasteiger partial charge in [0.1, 0.15) is 5.69 Å². The molecule has 2 unspecified atom stereocenters. The van der Waals surface area contributed by atoms with E-state index in [4.69, 9.17) is 4.74 Å². The van der Waals surface area contributed by atoms with Crippen molar-refractivity contribution in [2.24, 2.45) is 0 Å². The van der Waals surface area contributed by atoms with Crippen LogP contribution in [-0.4, -0.2) is 33.8 Å². The third-order valence-corrected chi connectivity index (χ3v) is 3.69. The Morgan fingerprint density at radius 1 is 1.48 bits per heavy atom. The number of benzene rings is 1. The van der Waals surface area contributed by atoms with E-state index in [2.05, 4.69) is 5.32 Å². The Kier molecular flexibility index (Phi) is 7.14. The van der Waals surface area contributed by atoms with Gasteiger partial charge in [0.2, 0.25) is 0 Å². The summed E-state index contributed by atoms with van der Waals surface area (Å²) in [4.78, 5) is 10.9. The molecule has 1 aromatic carbocycles. The van der Waals surface area contributed by atoms with Gasteiger partial charge >= 0.3 is 5.69 Å². The van der Waals surface area contributed by atoms with Gasteiger partial charge < -0.3 is 10.1 Å². The first kappa shape index (κ1) is 17.4. The van der Waals surface area contributed by atoms with Gasteiger partial charge in [-0.2, -0.15) is 0 Å². The fraction of sp³-hybridized carbons (Fsp3) is 0.571. The molecule has 7 heteroatoms. The van der Waals surface area contributed by atoms with E-state index in [9.17, 15) is 14.3 Å². The summed E-state index contributed by atoms with van der Waals surface area (Å²) in [6.45, 7) is 4.30. The van der Waals surface area contributed by atoms with E-state index < -0.39 is 15.7 Å². The van der Waals surface area contributed by atoms with Gasteiger partial charge in [-0.15, -0.1) is 0 Å². The molecule has 0 fully saturated rings. The second-order valence-electron chi connectivity index (χ2n) is 4.87. The maximum atomic E-state index is 11.3. The minimum absolute atomic E-state index is 0.00553. The second kappa shape index (κ2) is 8.61. The van der Waals surface area contributed by atoms with Crippen LogP contribution < -0.4 is 10.1 Å². The van der Waals surface area contributed by atoms with Crippen LogP contribution in [0.25, 0.3) is 0 Å². The lowest BCUT2D eigenvalue weighted by atomic mass is 10.2. The van der Waals surface area contributed by atoms with Gasteiger partial charge in [0.25, 0.3) is 0 Å². The molecule has 0 bridgehead atoms. The molecule has 6 nitrogen and oxygen atoms in total. The van der Waals surface area contributed by atoms with Crippen molar-refractivity contribution in [3.63, 3.8) is 0 Å². The molecule has 0 saturated heterocycles. The number of para-hydroxylation sites is 1. The third kappa shape index (κ3) is 5.71. The Hall–Kier alpha value is -1.63. The van der Waals surface area contributed by atoms with Crippen molar-refractivity contribution in [1.29, 1.82) is 0 Å². The van der Waals surface area contributed by atoms with Crippen molar-refractivity contribution in [3.8, 4) is 5.75 Å². The fourth-order valence-electron chi connectivity index (χ4n) is 1.84. The fourth-order valence-corrected chi connectivity index (χ4v) is 2.52. The van der Waals surface area contributed by atoms with Gasteiger partial charge in [0.05, 0.1) is 11.5 Å². The van der Waals surface area contributed by atoms with Crippen molar-refractivity contribution in [1.82, 2.24) is 0 Å². The monoisotopic (exact) mass is 314 g/mol. The van der Waals surface area contributed by atoms with Crippen LogP contribution in [0, 0.1) is 10.1 Å². The normalized spacial score (nSPS) is 13.5. The number of ether oxygens (including phenoxy) is 1.